The monoisotopic (exact) mass is 255 g/mol. The largest absolute Gasteiger partial charge is 0.358 e. The summed E-state index contributed by atoms with van der Waals surface area (Å²) in [5.41, 5.74) is 4.09. The van der Waals surface area contributed by atoms with E-state index in [0.717, 1.165) is 18.4 Å². The van der Waals surface area contributed by atoms with Gasteiger partial charge in [0.1, 0.15) is 0 Å². The summed E-state index contributed by atoms with van der Waals surface area (Å²) in [5.74, 6) is 1.76. The number of rotatable bonds is 2. The Hall–Kier alpha value is -1.32. The first-order valence-electron chi connectivity index (χ1n) is 7.30. The van der Waals surface area contributed by atoms with Crippen LogP contribution in [0.1, 0.15) is 11.3 Å². The molecule has 2 N–H and O–H groups in total. The molecule has 2 aliphatic rings. The van der Waals surface area contributed by atoms with E-state index in [-0.39, 0.29) is 0 Å². The van der Waals surface area contributed by atoms with Gasteiger partial charge in [-0.3, -0.25) is 4.90 Å². The van der Waals surface area contributed by atoms with Gasteiger partial charge in [0.25, 0.3) is 0 Å². The van der Waals surface area contributed by atoms with E-state index >= 15 is 0 Å². The third-order valence-corrected chi connectivity index (χ3v) is 4.87. The van der Waals surface area contributed by atoms with Gasteiger partial charge in [0.2, 0.25) is 0 Å². The number of nitrogens with zero attached hydrogens (tertiary/aromatic N) is 1. The minimum absolute atomic E-state index is 0.880. The molecular formula is C16H21N3. The predicted molar refractivity (Wildman–Crippen MR) is 78.2 cm³/mol. The van der Waals surface area contributed by atoms with Crippen LogP contribution in [0, 0.1) is 18.8 Å². The first kappa shape index (κ1) is 11.5. The Morgan fingerprint density at radius 2 is 1.89 bits per heavy atom. The van der Waals surface area contributed by atoms with Crippen LogP contribution < -0.4 is 5.32 Å². The molecule has 3 nitrogen and oxygen atoms in total. The van der Waals surface area contributed by atoms with Crippen molar-refractivity contribution in [1.29, 1.82) is 0 Å². The fraction of sp³-hybridized carbons (Fsp3) is 0.500. The van der Waals surface area contributed by atoms with Crippen molar-refractivity contribution in [3.8, 4) is 0 Å². The summed E-state index contributed by atoms with van der Waals surface area (Å²) in [7, 11) is 0. The number of hydrogen-bond acceptors (Lipinski definition) is 2. The van der Waals surface area contributed by atoms with E-state index in [1.807, 2.05) is 0 Å². The third kappa shape index (κ3) is 1.88. The second-order valence-electron chi connectivity index (χ2n) is 6.15. The van der Waals surface area contributed by atoms with Gasteiger partial charge in [-0.25, -0.2) is 0 Å². The fourth-order valence-electron chi connectivity index (χ4n) is 3.84. The Morgan fingerprint density at radius 3 is 2.68 bits per heavy atom. The van der Waals surface area contributed by atoms with Crippen LogP contribution in [0.4, 0.5) is 0 Å². The van der Waals surface area contributed by atoms with Crippen LogP contribution in [-0.4, -0.2) is 36.1 Å². The standard InChI is InChI=1S/C16H21N3/c1-11-15(14-4-2-3-5-16(14)18-11)10-19-8-12-6-17-7-13(12)9-19/h2-5,12-13,17-18H,6-10H2,1H3/t12-,13+. The summed E-state index contributed by atoms with van der Waals surface area (Å²) < 4.78 is 0. The minimum Gasteiger partial charge on any atom is -0.358 e. The lowest BCUT2D eigenvalue weighted by molar-refractivity contribution is 0.306. The molecule has 0 spiro atoms. The van der Waals surface area contributed by atoms with Gasteiger partial charge in [0, 0.05) is 36.2 Å². The van der Waals surface area contributed by atoms with Gasteiger partial charge in [-0.05, 0) is 43.5 Å². The van der Waals surface area contributed by atoms with Crippen LogP contribution in [0.25, 0.3) is 10.9 Å². The first-order valence-corrected chi connectivity index (χ1v) is 7.30. The summed E-state index contributed by atoms with van der Waals surface area (Å²) in [5, 5.41) is 4.91. The van der Waals surface area contributed by atoms with Crippen LogP contribution >= 0.6 is 0 Å². The third-order valence-electron chi connectivity index (χ3n) is 4.87. The van der Waals surface area contributed by atoms with Gasteiger partial charge in [-0.1, -0.05) is 18.2 Å². The second kappa shape index (κ2) is 4.36. The molecule has 0 saturated carbocycles. The number of fused-ring (bicyclic) bond motifs is 2. The van der Waals surface area contributed by atoms with E-state index < -0.39 is 0 Å². The van der Waals surface area contributed by atoms with Gasteiger partial charge in [0.15, 0.2) is 0 Å². The molecular weight excluding hydrogens is 234 g/mol. The molecule has 2 aliphatic heterocycles. The number of aromatic nitrogens is 1. The van der Waals surface area contributed by atoms with Crippen LogP contribution in [0.2, 0.25) is 0 Å². The Balaban J connectivity index is 1.60. The fourth-order valence-corrected chi connectivity index (χ4v) is 3.84. The number of aryl methyl sites for hydroxylation is 1. The van der Waals surface area contributed by atoms with E-state index in [2.05, 4.69) is 46.4 Å². The van der Waals surface area contributed by atoms with Crippen molar-refractivity contribution < 1.29 is 0 Å². The van der Waals surface area contributed by atoms with E-state index in [9.17, 15) is 0 Å². The number of para-hydroxylation sites is 1. The number of nitrogens with one attached hydrogen (secondary N) is 2. The molecule has 2 saturated heterocycles. The van der Waals surface area contributed by atoms with Crippen molar-refractivity contribution >= 4 is 10.9 Å². The molecule has 3 heterocycles. The van der Waals surface area contributed by atoms with Crippen molar-refractivity contribution in [3.05, 3.63) is 35.5 Å². The van der Waals surface area contributed by atoms with Gasteiger partial charge in [-0.2, -0.15) is 0 Å². The lowest BCUT2D eigenvalue weighted by atomic mass is 10.0. The number of benzene rings is 1. The number of H-pyrrole nitrogens is 1. The maximum absolute atomic E-state index is 3.51. The molecule has 0 bridgehead atoms. The first-order chi connectivity index (χ1) is 9.31. The van der Waals surface area contributed by atoms with E-state index in [1.165, 1.54) is 48.3 Å². The van der Waals surface area contributed by atoms with Gasteiger partial charge >= 0.3 is 0 Å². The zero-order valence-corrected chi connectivity index (χ0v) is 11.4. The van der Waals surface area contributed by atoms with Gasteiger partial charge < -0.3 is 10.3 Å². The molecule has 100 valence electrons. The molecule has 0 amide bonds. The van der Waals surface area contributed by atoms with Crippen molar-refractivity contribution in [1.82, 2.24) is 15.2 Å². The Labute approximate surface area is 114 Å². The highest BCUT2D eigenvalue weighted by Gasteiger charge is 2.36. The SMILES string of the molecule is Cc1[nH]c2ccccc2c1CN1C[C@H]2CNC[C@H]2C1. The zero-order chi connectivity index (χ0) is 12.8. The maximum Gasteiger partial charge on any atom is 0.0459 e. The summed E-state index contributed by atoms with van der Waals surface area (Å²) >= 11 is 0. The summed E-state index contributed by atoms with van der Waals surface area (Å²) in [6.45, 7) is 8.26. The smallest absolute Gasteiger partial charge is 0.0459 e. The highest BCUT2D eigenvalue weighted by Crippen LogP contribution is 2.30. The molecule has 1 aromatic carbocycles. The average molecular weight is 255 g/mol. The van der Waals surface area contributed by atoms with Crippen molar-refractivity contribution in [2.75, 3.05) is 26.2 Å². The number of aromatic amines is 1. The number of hydrogen-bond donors (Lipinski definition) is 2. The summed E-state index contributed by atoms with van der Waals surface area (Å²) in [6, 6.07) is 8.66. The Morgan fingerprint density at radius 1 is 1.16 bits per heavy atom. The Kier molecular flexibility index (Phi) is 2.64. The highest BCUT2D eigenvalue weighted by molar-refractivity contribution is 5.84. The van der Waals surface area contributed by atoms with Crippen LogP contribution in [0.5, 0.6) is 0 Å². The summed E-state index contributed by atoms with van der Waals surface area (Å²) in [4.78, 5) is 6.15. The number of likely N-dealkylation sites (tertiary alicyclic amines) is 1. The maximum atomic E-state index is 3.51. The normalized spacial score (nSPS) is 27.2. The average Bonchev–Trinajstić information content (AvgIpc) is 3.04. The zero-order valence-electron chi connectivity index (χ0n) is 11.4. The van der Waals surface area contributed by atoms with Crippen molar-refractivity contribution in [2.24, 2.45) is 11.8 Å². The Bertz CT molecular complexity index is 589. The highest BCUT2D eigenvalue weighted by atomic mass is 15.2. The van der Waals surface area contributed by atoms with Crippen molar-refractivity contribution in [3.63, 3.8) is 0 Å². The minimum atomic E-state index is 0.880. The lowest BCUT2D eigenvalue weighted by Gasteiger charge is -2.17. The quantitative estimate of drug-likeness (QED) is 0.861. The van der Waals surface area contributed by atoms with Gasteiger partial charge in [-0.15, -0.1) is 0 Å². The van der Waals surface area contributed by atoms with Gasteiger partial charge in [0.05, 0.1) is 0 Å². The second-order valence-corrected chi connectivity index (χ2v) is 6.15. The molecule has 1 aromatic heterocycles. The molecule has 4 rings (SSSR count). The molecule has 3 heteroatoms. The molecule has 0 radical (unpaired) electrons. The van der Waals surface area contributed by atoms with E-state index in [0.29, 0.717) is 0 Å². The van der Waals surface area contributed by atoms with Crippen molar-refractivity contribution in [2.45, 2.75) is 13.5 Å². The molecule has 0 unspecified atom stereocenters. The van der Waals surface area contributed by atoms with Crippen LogP contribution in [0.3, 0.4) is 0 Å². The van der Waals surface area contributed by atoms with Crippen LogP contribution in [0.15, 0.2) is 24.3 Å². The predicted octanol–water partition coefficient (Wildman–Crippen LogP) is 2.13. The van der Waals surface area contributed by atoms with E-state index in [4.69, 9.17) is 0 Å². The van der Waals surface area contributed by atoms with Crippen LogP contribution in [-0.2, 0) is 6.54 Å². The molecule has 19 heavy (non-hydrogen) atoms. The molecule has 0 aliphatic carbocycles. The molecule has 2 atom stereocenters. The molecule has 2 fully saturated rings. The molecule has 2 aromatic rings. The topological polar surface area (TPSA) is 31.1 Å². The van der Waals surface area contributed by atoms with E-state index in [1.54, 1.807) is 0 Å². The lowest BCUT2D eigenvalue weighted by Crippen LogP contribution is -2.25. The summed E-state index contributed by atoms with van der Waals surface area (Å²) in [6.07, 6.45) is 0.